The molecule has 0 bridgehead atoms. The number of carbonyl (C=O) groups is 4. The van der Waals surface area contributed by atoms with E-state index in [0.717, 1.165) is 0 Å². The van der Waals surface area contributed by atoms with Gasteiger partial charge in [-0.05, 0) is 26.0 Å². The van der Waals surface area contributed by atoms with Crippen molar-refractivity contribution in [1.29, 1.82) is 0 Å². The van der Waals surface area contributed by atoms with E-state index in [1.807, 2.05) is 0 Å². The second-order valence-electron chi connectivity index (χ2n) is 6.14. The molecule has 29 heavy (non-hydrogen) atoms. The molecule has 8 heteroatoms. The van der Waals surface area contributed by atoms with Gasteiger partial charge in [-0.1, -0.05) is 48.5 Å². The number of urea groups is 1. The number of ether oxygens (including phenoxy) is 1. The van der Waals surface area contributed by atoms with Gasteiger partial charge in [-0.25, -0.2) is 9.59 Å². The predicted octanol–water partition coefficient (Wildman–Crippen LogP) is 1.94. The lowest BCUT2D eigenvalue weighted by molar-refractivity contribution is -0.157. The highest BCUT2D eigenvalue weighted by molar-refractivity contribution is 5.99. The highest BCUT2D eigenvalue weighted by Gasteiger charge is 2.29. The molecular formula is C21H23N3O5. The van der Waals surface area contributed by atoms with Crippen LogP contribution in [0.3, 0.4) is 0 Å². The van der Waals surface area contributed by atoms with Crippen LogP contribution in [0.25, 0.3) is 0 Å². The molecule has 152 valence electrons. The molecule has 0 aliphatic heterocycles. The van der Waals surface area contributed by atoms with Crippen LogP contribution in [0.1, 0.15) is 35.9 Å². The maximum absolute atomic E-state index is 12.5. The third-order valence-electron chi connectivity index (χ3n) is 3.89. The Morgan fingerprint density at radius 3 is 2.10 bits per heavy atom. The summed E-state index contributed by atoms with van der Waals surface area (Å²) in [6, 6.07) is 15.0. The maximum Gasteiger partial charge on any atom is 0.329 e. The number of amides is 4. The highest BCUT2D eigenvalue weighted by Crippen LogP contribution is 2.18. The topological polar surface area (TPSA) is 114 Å². The van der Waals surface area contributed by atoms with Gasteiger partial charge in [0, 0.05) is 17.7 Å². The van der Waals surface area contributed by atoms with Crippen LogP contribution in [-0.4, -0.2) is 36.4 Å². The van der Waals surface area contributed by atoms with Crippen LogP contribution >= 0.6 is 0 Å². The third kappa shape index (κ3) is 6.46. The van der Waals surface area contributed by atoms with Crippen molar-refractivity contribution >= 4 is 23.8 Å². The molecule has 2 aromatic rings. The molecule has 0 saturated heterocycles. The number of hydrogen-bond acceptors (Lipinski definition) is 5. The fourth-order valence-corrected chi connectivity index (χ4v) is 2.43. The molecule has 0 fully saturated rings. The van der Waals surface area contributed by atoms with Gasteiger partial charge in [-0.15, -0.1) is 0 Å². The lowest BCUT2D eigenvalue weighted by Gasteiger charge is -2.20. The minimum atomic E-state index is -1.35. The number of esters is 1. The van der Waals surface area contributed by atoms with Crippen molar-refractivity contribution in [3.05, 3.63) is 71.8 Å². The van der Waals surface area contributed by atoms with Crippen LogP contribution in [0.5, 0.6) is 0 Å². The number of benzene rings is 2. The zero-order valence-electron chi connectivity index (χ0n) is 16.2. The van der Waals surface area contributed by atoms with Crippen LogP contribution < -0.4 is 16.0 Å². The average Bonchev–Trinajstić information content (AvgIpc) is 2.73. The SMILES string of the molecule is CCNC(=O)NC(=O)[C@@H](OC(=O)[C@H](C)NC(=O)c1ccccc1)c1ccccc1. The van der Waals surface area contributed by atoms with E-state index in [0.29, 0.717) is 17.7 Å². The summed E-state index contributed by atoms with van der Waals surface area (Å²) in [5, 5.41) is 7.10. The fourth-order valence-electron chi connectivity index (χ4n) is 2.43. The summed E-state index contributed by atoms with van der Waals surface area (Å²) < 4.78 is 5.33. The Hall–Kier alpha value is -3.68. The molecule has 2 aromatic carbocycles. The number of hydrogen-bond donors (Lipinski definition) is 3. The predicted molar refractivity (Wildman–Crippen MR) is 106 cm³/mol. The molecular weight excluding hydrogens is 374 g/mol. The fraction of sp³-hybridized carbons (Fsp3) is 0.238. The summed E-state index contributed by atoms with van der Waals surface area (Å²) in [6.07, 6.45) is -1.35. The molecule has 4 amide bonds. The number of rotatable bonds is 7. The maximum atomic E-state index is 12.5. The summed E-state index contributed by atoms with van der Waals surface area (Å²) in [5.41, 5.74) is 0.782. The van der Waals surface area contributed by atoms with E-state index in [1.54, 1.807) is 67.6 Å². The van der Waals surface area contributed by atoms with Crippen molar-refractivity contribution in [1.82, 2.24) is 16.0 Å². The van der Waals surface area contributed by atoms with Gasteiger partial charge < -0.3 is 15.4 Å². The van der Waals surface area contributed by atoms with E-state index >= 15 is 0 Å². The van der Waals surface area contributed by atoms with Crippen LogP contribution in [0.2, 0.25) is 0 Å². The summed E-state index contributed by atoms with van der Waals surface area (Å²) in [5.74, 6) is -2.05. The van der Waals surface area contributed by atoms with E-state index in [9.17, 15) is 19.2 Å². The van der Waals surface area contributed by atoms with Gasteiger partial charge in [0.2, 0.25) is 6.10 Å². The molecule has 0 spiro atoms. The average molecular weight is 397 g/mol. The second kappa shape index (κ2) is 10.6. The van der Waals surface area contributed by atoms with Gasteiger partial charge in [0.1, 0.15) is 6.04 Å². The normalized spacial score (nSPS) is 12.2. The Morgan fingerprint density at radius 2 is 1.52 bits per heavy atom. The van der Waals surface area contributed by atoms with Crippen molar-refractivity contribution in [2.45, 2.75) is 26.0 Å². The summed E-state index contributed by atoms with van der Waals surface area (Å²) in [6.45, 7) is 3.49. The minimum Gasteiger partial charge on any atom is -0.446 e. The van der Waals surface area contributed by atoms with Gasteiger partial charge >= 0.3 is 12.0 Å². The zero-order chi connectivity index (χ0) is 21.2. The zero-order valence-corrected chi connectivity index (χ0v) is 16.2. The molecule has 2 atom stereocenters. The van der Waals surface area contributed by atoms with Crippen molar-refractivity contribution < 1.29 is 23.9 Å². The second-order valence-corrected chi connectivity index (χ2v) is 6.14. The van der Waals surface area contributed by atoms with E-state index in [2.05, 4.69) is 16.0 Å². The Morgan fingerprint density at radius 1 is 0.931 bits per heavy atom. The van der Waals surface area contributed by atoms with E-state index in [1.165, 1.54) is 6.92 Å². The smallest absolute Gasteiger partial charge is 0.329 e. The van der Waals surface area contributed by atoms with Crippen LogP contribution in [-0.2, 0) is 14.3 Å². The van der Waals surface area contributed by atoms with Crippen LogP contribution in [0.4, 0.5) is 4.79 Å². The van der Waals surface area contributed by atoms with E-state index < -0.39 is 36.0 Å². The summed E-state index contributed by atoms with van der Waals surface area (Å²) in [4.78, 5) is 48.9. The first kappa shape index (κ1) is 21.6. The number of nitrogens with one attached hydrogen (secondary N) is 3. The van der Waals surface area contributed by atoms with Gasteiger partial charge in [-0.2, -0.15) is 0 Å². The van der Waals surface area contributed by atoms with Crippen molar-refractivity contribution in [3.8, 4) is 0 Å². The Kier molecular flexibility index (Phi) is 7.90. The summed E-state index contributed by atoms with van der Waals surface area (Å²) >= 11 is 0. The molecule has 2 rings (SSSR count). The molecule has 0 heterocycles. The highest BCUT2D eigenvalue weighted by atomic mass is 16.5. The van der Waals surface area contributed by atoms with E-state index in [-0.39, 0.29) is 0 Å². The van der Waals surface area contributed by atoms with Gasteiger partial charge in [-0.3, -0.25) is 14.9 Å². The first-order chi connectivity index (χ1) is 13.9. The molecule has 0 aliphatic carbocycles. The van der Waals surface area contributed by atoms with Crippen molar-refractivity contribution in [2.75, 3.05) is 6.54 Å². The Balaban J connectivity index is 2.09. The quantitative estimate of drug-likeness (QED) is 0.618. The molecule has 0 unspecified atom stereocenters. The van der Waals surface area contributed by atoms with Crippen LogP contribution in [0, 0.1) is 0 Å². The van der Waals surface area contributed by atoms with Gasteiger partial charge in [0.25, 0.3) is 11.8 Å². The molecule has 8 nitrogen and oxygen atoms in total. The largest absolute Gasteiger partial charge is 0.446 e. The number of carbonyl (C=O) groups excluding carboxylic acids is 4. The minimum absolute atomic E-state index is 0.331. The first-order valence-corrected chi connectivity index (χ1v) is 9.12. The van der Waals surface area contributed by atoms with Crippen molar-refractivity contribution in [3.63, 3.8) is 0 Å². The number of imide groups is 1. The molecule has 0 radical (unpaired) electrons. The molecule has 0 saturated carbocycles. The Bertz CT molecular complexity index is 855. The lowest BCUT2D eigenvalue weighted by atomic mass is 10.1. The van der Waals surface area contributed by atoms with Crippen molar-refractivity contribution in [2.24, 2.45) is 0 Å². The van der Waals surface area contributed by atoms with E-state index in [4.69, 9.17) is 4.74 Å². The molecule has 0 aromatic heterocycles. The third-order valence-corrected chi connectivity index (χ3v) is 3.89. The lowest BCUT2D eigenvalue weighted by Crippen LogP contribution is -2.45. The molecule has 3 N–H and O–H groups in total. The standard InChI is InChI=1S/C21H23N3O5/c1-3-22-21(28)24-19(26)17(15-10-6-4-7-11-15)29-20(27)14(2)23-18(25)16-12-8-5-9-13-16/h4-14,17H,3H2,1-2H3,(H,23,25)(H2,22,24,26,28)/t14-,17-/m0/s1. The summed E-state index contributed by atoms with van der Waals surface area (Å²) in [7, 11) is 0. The monoisotopic (exact) mass is 397 g/mol. The van der Waals surface area contributed by atoms with Crippen LogP contribution in [0.15, 0.2) is 60.7 Å². The van der Waals surface area contributed by atoms with Gasteiger partial charge in [0.15, 0.2) is 0 Å². The molecule has 0 aliphatic rings. The van der Waals surface area contributed by atoms with Gasteiger partial charge in [0.05, 0.1) is 0 Å². The Labute approximate surface area is 168 Å². The first-order valence-electron chi connectivity index (χ1n) is 9.12.